The fourth-order valence-electron chi connectivity index (χ4n) is 1.44. The predicted molar refractivity (Wildman–Crippen MR) is 73.0 cm³/mol. The Labute approximate surface area is 110 Å². The van der Waals surface area contributed by atoms with Crippen LogP contribution in [0.4, 0.5) is 0 Å². The molecule has 2 N–H and O–H groups in total. The van der Waals surface area contributed by atoms with E-state index in [9.17, 15) is 0 Å². The van der Waals surface area contributed by atoms with Crippen molar-refractivity contribution >= 4 is 27.0 Å². The standard InChI is InChI=1S/C13H17BrN2O/c1-12(2,13(3,4)15)11-16-9-7-8(14)5-6-10(9)17-11/h5-7H,15H2,1-4H3. The minimum absolute atomic E-state index is 0.321. The molecule has 0 aliphatic carbocycles. The number of aromatic nitrogens is 1. The summed E-state index contributed by atoms with van der Waals surface area (Å²) < 4.78 is 6.80. The second kappa shape index (κ2) is 3.82. The van der Waals surface area contributed by atoms with Crippen LogP contribution in [0, 0.1) is 0 Å². The zero-order chi connectivity index (χ0) is 12.8. The van der Waals surface area contributed by atoms with Crippen molar-refractivity contribution in [2.24, 2.45) is 5.73 Å². The molecule has 2 rings (SSSR count). The molecule has 4 heteroatoms. The molecule has 0 atom stereocenters. The summed E-state index contributed by atoms with van der Waals surface area (Å²) in [5, 5.41) is 0. The van der Waals surface area contributed by atoms with Crippen LogP contribution < -0.4 is 5.73 Å². The molecule has 0 radical (unpaired) electrons. The van der Waals surface area contributed by atoms with Gasteiger partial charge in [0.2, 0.25) is 5.89 Å². The Morgan fingerprint density at radius 2 is 1.88 bits per heavy atom. The molecule has 17 heavy (non-hydrogen) atoms. The fraction of sp³-hybridized carbons (Fsp3) is 0.462. The average Bonchev–Trinajstić information content (AvgIpc) is 2.58. The molecule has 0 aliphatic heterocycles. The van der Waals surface area contributed by atoms with Gasteiger partial charge in [-0.3, -0.25) is 0 Å². The highest BCUT2D eigenvalue weighted by Crippen LogP contribution is 2.34. The molecule has 1 aromatic carbocycles. The smallest absolute Gasteiger partial charge is 0.202 e. The molecule has 2 aromatic rings. The lowest BCUT2D eigenvalue weighted by atomic mass is 9.75. The van der Waals surface area contributed by atoms with Crippen molar-refractivity contribution < 1.29 is 4.42 Å². The Bertz CT molecular complexity index is 552. The van der Waals surface area contributed by atoms with Crippen LogP contribution in [0.25, 0.3) is 11.1 Å². The Morgan fingerprint density at radius 3 is 2.47 bits per heavy atom. The third-order valence-electron chi connectivity index (χ3n) is 3.50. The summed E-state index contributed by atoms with van der Waals surface area (Å²) in [6.07, 6.45) is 0. The molecule has 0 bridgehead atoms. The van der Waals surface area contributed by atoms with Gasteiger partial charge in [-0.15, -0.1) is 0 Å². The lowest BCUT2D eigenvalue weighted by molar-refractivity contribution is 0.251. The highest BCUT2D eigenvalue weighted by atomic mass is 79.9. The monoisotopic (exact) mass is 296 g/mol. The van der Waals surface area contributed by atoms with E-state index >= 15 is 0 Å². The largest absolute Gasteiger partial charge is 0.440 e. The highest BCUT2D eigenvalue weighted by molar-refractivity contribution is 9.10. The summed E-state index contributed by atoms with van der Waals surface area (Å²) >= 11 is 3.43. The fourth-order valence-corrected chi connectivity index (χ4v) is 1.79. The third-order valence-corrected chi connectivity index (χ3v) is 3.99. The van der Waals surface area contributed by atoms with Gasteiger partial charge in [0, 0.05) is 10.0 Å². The number of hydrogen-bond donors (Lipinski definition) is 1. The lowest BCUT2D eigenvalue weighted by Gasteiger charge is -2.35. The van der Waals surface area contributed by atoms with Gasteiger partial charge in [0.25, 0.3) is 0 Å². The maximum Gasteiger partial charge on any atom is 0.202 e. The van der Waals surface area contributed by atoms with E-state index in [1.54, 1.807) is 0 Å². The molecule has 0 aliphatic rings. The van der Waals surface area contributed by atoms with Crippen molar-refractivity contribution in [3.05, 3.63) is 28.6 Å². The summed E-state index contributed by atoms with van der Waals surface area (Å²) in [6.45, 7) is 8.06. The number of fused-ring (bicyclic) bond motifs is 1. The van der Waals surface area contributed by atoms with Crippen LogP contribution in [0.3, 0.4) is 0 Å². The van der Waals surface area contributed by atoms with Crippen molar-refractivity contribution in [2.45, 2.75) is 38.6 Å². The summed E-state index contributed by atoms with van der Waals surface area (Å²) in [6, 6.07) is 5.80. The van der Waals surface area contributed by atoms with Gasteiger partial charge in [-0.25, -0.2) is 4.98 Å². The summed E-state index contributed by atoms with van der Waals surface area (Å²) in [4.78, 5) is 4.54. The van der Waals surface area contributed by atoms with Crippen molar-refractivity contribution in [2.75, 3.05) is 0 Å². The minimum Gasteiger partial charge on any atom is -0.440 e. The van der Waals surface area contributed by atoms with E-state index < -0.39 is 5.54 Å². The Balaban J connectivity index is 2.57. The molecule has 0 saturated heterocycles. The van der Waals surface area contributed by atoms with E-state index in [2.05, 4.69) is 20.9 Å². The number of hydrogen-bond acceptors (Lipinski definition) is 3. The Morgan fingerprint density at radius 1 is 1.24 bits per heavy atom. The van der Waals surface area contributed by atoms with Gasteiger partial charge in [-0.1, -0.05) is 15.9 Å². The van der Waals surface area contributed by atoms with E-state index in [4.69, 9.17) is 10.2 Å². The molecule has 3 nitrogen and oxygen atoms in total. The number of rotatable bonds is 2. The highest BCUT2D eigenvalue weighted by Gasteiger charge is 2.39. The van der Waals surface area contributed by atoms with E-state index in [0.717, 1.165) is 15.6 Å². The Hall–Kier alpha value is -0.870. The maximum atomic E-state index is 6.19. The van der Waals surface area contributed by atoms with Gasteiger partial charge < -0.3 is 10.2 Å². The van der Waals surface area contributed by atoms with Gasteiger partial charge in [0.1, 0.15) is 5.52 Å². The van der Waals surface area contributed by atoms with Crippen molar-refractivity contribution in [1.29, 1.82) is 0 Å². The first kappa shape index (κ1) is 12.6. The predicted octanol–water partition coefficient (Wildman–Crippen LogP) is 3.61. The maximum absolute atomic E-state index is 6.19. The van der Waals surface area contributed by atoms with Gasteiger partial charge in [-0.2, -0.15) is 0 Å². The number of benzene rings is 1. The number of halogens is 1. The first-order valence-electron chi connectivity index (χ1n) is 5.57. The van der Waals surface area contributed by atoms with Gasteiger partial charge in [0.05, 0.1) is 5.41 Å². The van der Waals surface area contributed by atoms with Crippen LogP contribution in [0.5, 0.6) is 0 Å². The molecule has 92 valence electrons. The van der Waals surface area contributed by atoms with Crippen LogP contribution in [-0.2, 0) is 5.41 Å². The first-order chi connectivity index (χ1) is 7.72. The molecule has 1 heterocycles. The molecule has 0 spiro atoms. The SMILES string of the molecule is CC(C)(N)C(C)(C)c1nc2cc(Br)ccc2o1. The molecular formula is C13H17BrN2O. The van der Waals surface area contributed by atoms with Gasteiger partial charge >= 0.3 is 0 Å². The second-order valence-electron chi connectivity index (χ2n) is 5.48. The van der Waals surface area contributed by atoms with Crippen molar-refractivity contribution in [3.63, 3.8) is 0 Å². The quantitative estimate of drug-likeness (QED) is 0.921. The minimum atomic E-state index is -0.398. The zero-order valence-corrected chi connectivity index (χ0v) is 12.1. The lowest BCUT2D eigenvalue weighted by Crippen LogP contribution is -2.50. The van der Waals surface area contributed by atoms with Crippen LogP contribution in [0.2, 0.25) is 0 Å². The van der Waals surface area contributed by atoms with Gasteiger partial charge in [0.15, 0.2) is 5.58 Å². The molecule has 0 fully saturated rings. The van der Waals surface area contributed by atoms with Crippen LogP contribution >= 0.6 is 15.9 Å². The van der Waals surface area contributed by atoms with E-state index in [0.29, 0.717) is 5.89 Å². The summed E-state index contributed by atoms with van der Waals surface area (Å²) in [5.74, 6) is 0.679. The molecule has 0 unspecified atom stereocenters. The summed E-state index contributed by atoms with van der Waals surface area (Å²) in [5.41, 5.74) is 7.11. The van der Waals surface area contributed by atoms with Crippen LogP contribution in [0.1, 0.15) is 33.6 Å². The molecule has 0 saturated carbocycles. The van der Waals surface area contributed by atoms with Crippen molar-refractivity contribution in [1.82, 2.24) is 4.98 Å². The topological polar surface area (TPSA) is 52.0 Å². The first-order valence-corrected chi connectivity index (χ1v) is 6.36. The Kier molecular flexibility index (Phi) is 2.83. The van der Waals surface area contributed by atoms with Crippen LogP contribution in [-0.4, -0.2) is 10.5 Å². The van der Waals surface area contributed by atoms with E-state index in [1.165, 1.54) is 0 Å². The number of oxazole rings is 1. The molecular weight excluding hydrogens is 280 g/mol. The number of nitrogens with zero attached hydrogens (tertiary/aromatic N) is 1. The number of nitrogens with two attached hydrogens (primary N) is 1. The van der Waals surface area contributed by atoms with Gasteiger partial charge in [-0.05, 0) is 45.9 Å². The third kappa shape index (κ3) is 2.11. The normalized spacial score (nSPS) is 13.3. The van der Waals surface area contributed by atoms with Crippen molar-refractivity contribution in [3.8, 4) is 0 Å². The average molecular weight is 297 g/mol. The molecule has 0 amide bonds. The molecule has 1 aromatic heterocycles. The summed E-state index contributed by atoms with van der Waals surface area (Å²) in [7, 11) is 0. The van der Waals surface area contributed by atoms with Crippen LogP contribution in [0.15, 0.2) is 27.1 Å². The van der Waals surface area contributed by atoms with E-state index in [-0.39, 0.29) is 5.41 Å². The van der Waals surface area contributed by atoms with E-state index in [1.807, 2.05) is 45.9 Å². The zero-order valence-electron chi connectivity index (χ0n) is 10.5. The second-order valence-corrected chi connectivity index (χ2v) is 6.39.